The van der Waals surface area contributed by atoms with Crippen molar-refractivity contribution in [3.8, 4) is 17.1 Å². The summed E-state index contributed by atoms with van der Waals surface area (Å²) >= 11 is 0. The topological polar surface area (TPSA) is 70.6 Å². The lowest BCUT2D eigenvalue weighted by Crippen LogP contribution is -2.50. The second kappa shape index (κ2) is 11.9. The number of carbonyl (C=O) groups excluding carboxylic acids is 1. The SMILES string of the molecule is CCOc1ccccc1NC(=O)N1CCN(c2nc(-c3cccc(F)c3)nc(C)c2Cc2ccccc2)CC1. The molecule has 0 aliphatic carbocycles. The first-order valence-corrected chi connectivity index (χ1v) is 13.2. The van der Waals surface area contributed by atoms with Gasteiger partial charge in [0.2, 0.25) is 0 Å². The maximum absolute atomic E-state index is 14.0. The van der Waals surface area contributed by atoms with Crippen molar-refractivity contribution in [3.05, 3.63) is 102 Å². The number of aromatic nitrogens is 2. The number of carbonyl (C=O) groups is 1. The molecule has 1 aliphatic rings. The van der Waals surface area contributed by atoms with Gasteiger partial charge in [0.25, 0.3) is 0 Å². The normalized spacial score (nSPS) is 13.3. The molecule has 2 amide bonds. The Hall–Kier alpha value is -4.46. The van der Waals surface area contributed by atoms with E-state index in [1.165, 1.54) is 12.1 Å². The van der Waals surface area contributed by atoms with Crippen molar-refractivity contribution in [1.82, 2.24) is 14.9 Å². The molecule has 2 heterocycles. The van der Waals surface area contributed by atoms with Crippen LogP contribution in [0.25, 0.3) is 11.4 Å². The number of rotatable bonds is 7. The molecule has 0 radical (unpaired) electrons. The van der Waals surface area contributed by atoms with Crippen molar-refractivity contribution in [1.29, 1.82) is 0 Å². The average molecular weight is 526 g/mol. The maximum atomic E-state index is 14.0. The number of para-hydroxylation sites is 2. The van der Waals surface area contributed by atoms with Gasteiger partial charge < -0.3 is 19.9 Å². The minimum Gasteiger partial charge on any atom is -0.492 e. The van der Waals surface area contributed by atoms with Gasteiger partial charge in [-0.1, -0.05) is 54.6 Å². The molecule has 4 aromatic rings. The molecular formula is C31H32FN5O2. The predicted octanol–water partition coefficient (Wildman–Crippen LogP) is 5.93. The van der Waals surface area contributed by atoms with Crippen LogP contribution in [0.4, 0.5) is 20.7 Å². The Balaban J connectivity index is 1.38. The Labute approximate surface area is 228 Å². The minimum absolute atomic E-state index is 0.161. The second-order valence-electron chi connectivity index (χ2n) is 9.44. The number of nitrogens with one attached hydrogen (secondary N) is 1. The molecular weight excluding hydrogens is 493 g/mol. The van der Waals surface area contributed by atoms with Gasteiger partial charge in [-0.05, 0) is 43.7 Å². The molecule has 200 valence electrons. The zero-order chi connectivity index (χ0) is 27.2. The van der Waals surface area contributed by atoms with Crippen LogP contribution in [0.3, 0.4) is 0 Å². The van der Waals surface area contributed by atoms with Crippen molar-refractivity contribution >= 4 is 17.5 Å². The number of aryl methyl sites for hydroxylation is 1. The smallest absolute Gasteiger partial charge is 0.322 e. The number of nitrogens with zero attached hydrogens (tertiary/aromatic N) is 4. The van der Waals surface area contributed by atoms with Gasteiger partial charge in [0.15, 0.2) is 5.82 Å². The summed E-state index contributed by atoms with van der Waals surface area (Å²) in [6.45, 7) is 6.71. The van der Waals surface area contributed by atoms with E-state index in [1.807, 2.05) is 62.4 Å². The van der Waals surface area contributed by atoms with Crippen LogP contribution in [0.15, 0.2) is 78.9 Å². The van der Waals surface area contributed by atoms with E-state index >= 15 is 0 Å². The van der Waals surface area contributed by atoms with Gasteiger partial charge in [-0.25, -0.2) is 19.2 Å². The summed E-state index contributed by atoms with van der Waals surface area (Å²) in [6.07, 6.45) is 0.681. The lowest BCUT2D eigenvalue weighted by Gasteiger charge is -2.36. The van der Waals surface area contributed by atoms with E-state index in [4.69, 9.17) is 14.7 Å². The van der Waals surface area contributed by atoms with Gasteiger partial charge in [-0.3, -0.25) is 0 Å². The number of benzene rings is 3. The quantitative estimate of drug-likeness (QED) is 0.324. The molecule has 1 N–H and O–H groups in total. The Morgan fingerprint density at radius 1 is 0.949 bits per heavy atom. The van der Waals surface area contributed by atoms with Crippen LogP contribution in [0.2, 0.25) is 0 Å². The molecule has 1 saturated heterocycles. The van der Waals surface area contributed by atoms with Gasteiger partial charge in [-0.2, -0.15) is 0 Å². The van der Waals surface area contributed by atoms with E-state index in [9.17, 15) is 9.18 Å². The molecule has 0 atom stereocenters. The number of urea groups is 1. The zero-order valence-corrected chi connectivity index (χ0v) is 22.2. The van der Waals surface area contributed by atoms with Crippen LogP contribution in [0.5, 0.6) is 5.75 Å². The zero-order valence-electron chi connectivity index (χ0n) is 22.2. The Bertz CT molecular complexity index is 1440. The van der Waals surface area contributed by atoms with Gasteiger partial charge in [0, 0.05) is 49.4 Å². The predicted molar refractivity (Wildman–Crippen MR) is 152 cm³/mol. The molecule has 7 nitrogen and oxygen atoms in total. The first-order chi connectivity index (χ1) is 19.0. The third-order valence-corrected chi connectivity index (χ3v) is 6.79. The van der Waals surface area contributed by atoms with Crippen molar-refractivity contribution in [2.45, 2.75) is 20.3 Å². The summed E-state index contributed by atoms with van der Waals surface area (Å²) < 4.78 is 19.7. The van der Waals surface area contributed by atoms with Crippen molar-refractivity contribution in [2.24, 2.45) is 0 Å². The van der Waals surface area contributed by atoms with Crippen LogP contribution < -0.4 is 15.0 Å². The number of anilines is 2. The highest BCUT2D eigenvalue weighted by Crippen LogP contribution is 2.29. The summed E-state index contributed by atoms with van der Waals surface area (Å²) in [4.78, 5) is 26.8. The van der Waals surface area contributed by atoms with E-state index in [1.54, 1.807) is 11.0 Å². The minimum atomic E-state index is -0.325. The summed E-state index contributed by atoms with van der Waals surface area (Å²) in [5.74, 6) is 1.65. The Kier molecular flexibility index (Phi) is 8.01. The summed E-state index contributed by atoms with van der Waals surface area (Å²) in [7, 11) is 0. The number of hydrogen-bond donors (Lipinski definition) is 1. The van der Waals surface area contributed by atoms with E-state index in [0.717, 1.165) is 22.6 Å². The molecule has 0 saturated carbocycles. The van der Waals surface area contributed by atoms with E-state index in [2.05, 4.69) is 22.3 Å². The number of ether oxygens (including phenoxy) is 1. The average Bonchev–Trinajstić information content (AvgIpc) is 2.96. The molecule has 0 spiro atoms. The van der Waals surface area contributed by atoms with E-state index in [-0.39, 0.29) is 11.8 Å². The van der Waals surface area contributed by atoms with Gasteiger partial charge in [0.05, 0.1) is 12.3 Å². The van der Waals surface area contributed by atoms with Gasteiger partial charge in [-0.15, -0.1) is 0 Å². The highest BCUT2D eigenvalue weighted by Gasteiger charge is 2.26. The van der Waals surface area contributed by atoms with Gasteiger partial charge >= 0.3 is 6.03 Å². The lowest BCUT2D eigenvalue weighted by molar-refractivity contribution is 0.208. The number of amides is 2. The summed E-state index contributed by atoms with van der Waals surface area (Å²) in [5, 5.41) is 2.99. The Morgan fingerprint density at radius 2 is 1.69 bits per heavy atom. The lowest BCUT2D eigenvalue weighted by atomic mass is 10.0. The largest absolute Gasteiger partial charge is 0.492 e. The molecule has 5 rings (SSSR count). The molecule has 1 fully saturated rings. The van der Waals surface area contributed by atoms with Gasteiger partial charge in [0.1, 0.15) is 17.4 Å². The van der Waals surface area contributed by atoms with Crippen molar-refractivity contribution in [2.75, 3.05) is 43.0 Å². The second-order valence-corrected chi connectivity index (χ2v) is 9.44. The monoisotopic (exact) mass is 525 g/mol. The molecule has 8 heteroatoms. The molecule has 0 unspecified atom stereocenters. The summed E-state index contributed by atoms with van der Waals surface area (Å²) in [6, 6.07) is 23.9. The highest BCUT2D eigenvalue weighted by molar-refractivity contribution is 5.91. The highest BCUT2D eigenvalue weighted by atomic mass is 19.1. The third-order valence-electron chi connectivity index (χ3n) is 6.79. The third kappa shape index (κ3) is 6.17. The molecule has 1 aromatic heterocycles. The standard InChI is InChI=1S/C31H32FN5O2/c1-3-39-28-15-8-7-14-27(28)34-31(38)37-18-16-36(17-19-37)30-26(20-23-10-5-4-6-11-23)22(2)33-29(35-30)24-12-9-13-25(32)21-24/h4-15,21H,3,16-20H2,1-2H3,(H,34,38). The van der Waals surface area contributed by atoms with E-state index in [0.29, 0.717) is 62.0 Å². The number of hydrogen-bond acceptors (Lipinski definition) is 5. The number of piperazine rings is 1. The van der Waals surface area contributed by atoms with Crippen molar-refractivity contribution in [3.63, 3.8) is 0 Å². The van der Waals surface area contributed by atoms with Crippen LogP contribution in [-0.2, 0) is 6.42 Å². The molecule has 3 aromatic carbocycles. The molecule has 39 heavy (non-hydrogen) atoms. The van der Waals surface area contributed by atoms with Crippen LogP contribution >= 0.6 is 0 Å². The fourth-order valence-electron chi connectivity index (χ4n) is 4.77. The maximum Gasteiger partial charge on any atom is 0.322 e. The fourth-order valence-corrected chi connectivity index (χ4v) is 4.77. The summed E-state index contributed by atoms with van der Waals surface area (Å²) in [5.41, 5.74) is 4.34. The van der Waals surface area contributed by atoms with E-state index < -0.39 is 0 Å². The van der Waals surface area contributed by atoms with Crippen LogP contribution in [0.1, 0.15) is 23.7 Å². The molecule has 1 aliphatic heterocycles. The van der Waals surface area contributed by atoms with Crippen LogP contribution in [0, 0.1) is 12.7 Å². The first-order valence-electron chi connectivity index (χ1n) is 13.2. The molecule has 0 bridgehead atoms. The first kappa shape index (κ1) is 26.2. The fraction of sp³-hybridized carbons (Fsp3) is 0.258. The van der Waals surface area contributed by atoms with Crippen molar-refractivity contribution < 1.29 is 13.9 Å². The number of halogens is 1. The Morgan fingerprint density at radius 3 is 2.44 bits per heavy atom. The van der Waals surface area contributed by atoms with Crippen LogP contribution in [-0.4, -0.2) is 53.7 Å².